The van der Waals surface area contributed by atoms with E-state index in [9.17, 15) is 0 Å². The van der Waals surface area contributed by atoms with E-state index in [-0.39, 0.29) is 6.10 Å². The average molecular weight is 283 g/mol. The van der Waals surface area contributed by atoms with Gasteiger partial charge in [0.05, 0.1) is 6.10 Å². The lowest BCUT2D eigenvalue weighted by Crippen LogP contribution is -2.07. The Bertz CT molecular complexity index is 331. The van der Waals surface area contributed by atoms with Gasteiger partial charge in [-0.15, -0.1) is 0 Å². The van der Waals surface area contributed by atoms with Crippen molar-refractivity contribution in [2.45, 2.75) is 50.0 Å². The second kappa shape index (κ2) is 5.22. The van der Waals surface area contributed by atoms with Crippen LogP contribution in [0.1, 0.15) is 44.6 Å². The van der Waals surface area contributed by atoms with Crippen molar-refractivity contribution in [2.24, 2.45) is 0 Å². The zero-order valence-corrected chi connectivity index (χ0v) is 11.5. The SMILES string of the molecule is CC(C)Oc1ccc(C2CCCC2Br)cc1. The van der Waals surface area contributed by atoms with Gasteiger partial charge in [0.25, 0.3) is 0 Å². The normalized spacial score (nSPS) is 25.0. The average Bonchev–Trinajstić information content (AvgIpc) is 2.65. The molecule has 1 aliphatic carbocycles. The zero-order chi connectivity index (χ0) is 11.5. The Balaban J connectivity index is 2.07. The van der Waals surface area contributed by atoms with Crippen molar-refractivity contribution in [1.29, 1.82) is 0 Å². The summed E-state index contributed by atoms with van der Waals surface area (Å²) in [4.78, 5) is 0.657. The third kappa shape index (κ3) is 2.79. The van der Waals surface area contributed by atoms with E-state index < -0.39 is 0 Å². The van der Waals surface area contributed by atoms with Crippen LogP contribution in [-0.4, -0.2) is 10.9 Å². The van der Waals surface area contributed by atoms with E-state index in [1.807, 2.05) is 0 Å². The van der Waals surface area contributed by atoms with Crippen molar-refractivity contribution in [3.8, 4) is 5.75 Å². The quantitative estimate of drug-likeness (QED) is 0.742. The lowest BCUT2D eigenvalue weighted by molar-refractivity contribution is 0.242. The van der Waals surface area contributed by atoms with Gasteiger partial charge in [-0.3, -0.25) is 0 Å². The number of rotatable bonds is 3. The van der Waals surface area contributed by atoms with E-state index >= 15 is 0 Å². The summed E-state index contributed by atoms with van der Waals surface area (Å²) in [6, 6.07) is 8.60. The molecule has 1 aromatic rings. The van der Waals surface area contributed by atoms with Crippen LogP contribution in [0.4, 0.5) is 0 Å². The molecule has 2 heteroatoms. The Morgan fingerprint density at radius 2 is 1.88 bits per heavy atom. The molecule has 1 fully saturated rings. The van der Waals surface area contributed by atoms with E-state index in [4.69, 9.17) is 4.74 Å². The van der Waals surface area contributed by atoms with Gasteiger partial charge in [-0.05, 0) is 50.3 Å². The lowest BCUT2D eigenvalue weighted by atomic mass is 9.98. The van der Waals surface area contributed by atoms with Gasteiger partial charge in [0, 0.05) is 4.83 Å². The summed E-state index contributed by atoms with van der Waals surface area (Å²) in [5.74, 6) is 1.66. The van der Waals surface area contributed by atoms with E-state index in [1.165, 1.54) is 24.8 Å². The summed E-state index contributed by atoms with van der Waals surface area (Å²) in [5, 5.41) is 0. The fourth-order valence-electron chi connectivity index (χ4n) is 2.36. The van der Waals surface area contributed by atoms with E-state index in [0.717, 1.165) is 5.75 Å². The van der Waals surface area contributed by atoms with Crippen LogP contribution in [0.5, 0.6) is 5.75 Å². The fraction of sp³-hybridized carbons (Fsp3) is 0.571. The maximum absolute atomic E-state index is 5.65. The second-order valence-corrected chi connectivity index (χ2v) is 5.97. The van der Waals surface area contributed by atoms with Crippen LogP contribution in [-0.2, 0) is 0 Å². The molecule has 0 heterocycles. The summed E-state index contributed by atoms with van der Waals surface area (Å²) in [5.41, 5.74) is 1.44. The molecule has 2 atom stereocenters. The van der Waals surface area contributed by atoms with Crippen LogP contribution in [0.15, 0.2) is 24.3 Å². The van der Waals surface area contributed by atoms with Crippen LogP contribution < -0.4 is 4.74 Å². The van der Waals surface area contributed by atoms with Gasteiger partial charge >= 0.3 is 0 Å². The highest BCUT2D eigenvalue weighted by molar-refractivity contribution is 9.09. The first-order chi connectivity index (χ1) is 7.66. The Kier molecular flexibility index (Phi) is 3.91. The number of hydrogen-bond acceptors (Lipinski definition) is 1. The van der Waals surface area contributed by atoms with Gasteiger partial charge in [0.2, 0.25) is 0 Å². The van der Waals surface area contributed by atoms with Crippen molar-refractivity contribution < 1.29 is 4.74 Å². The molecule has 0 amide bonds. The number of benzene rings is 1. The summed E-state index contributed by atoms with van der Waals surface area (Å²) < 4.78 is 5.65. The molecule has 1 aliphatic rings. The van der Waals surface area contributed by atoms with E-state index in [2.05, 4.69) is 54.0 Å². The van der Waals surface area contributed by atoms with Gasteiger partial charge in [-0.1, -0.05) is 34.5 Å². The van der Waals surface area contributed by atoms with Crippen LogP contribution in [0.3, 0.4) is 0 Å². The molecule has 0 aliphatic heterocycles. The van der Waals surface area contributed by atoms with Crippen LogP contribution >= 0.6 is 15.9 Å². The summed E-state index contributed by atoms with van der Waals surface area (Å²) in [6.07, 6.45) is 4.20. The molecule has 0 radical (unpaired) electrons. The van der Waals surface area contributed by atoms with Crippen molar-refractivity contribution in [2.75, 3.05) is 0 Å². The minimum atomic E-state index is 0.251. The molecule has 16 heavy (non-hydrogen) atoms. The minimum Gasteiger partial charge on any atom is -0.491 e. The molecular formula is C14H19BrO. The maximum Gasteiger partial charge on any atom is 0.119 e. The highest BCUT2D eigenvalue weighted by Crippen LogP contribution is 2.39. The van der Waals surface area contributed by atoms with Crippen molar-refractivity contribution in [3.63, 3.8) is 0 Å². The molecule has 0 spiro atoms. The largest absolute Gasteiger partial charge is 0.491 e. The smallest absolute Gasteiger partial charge is 0.119 e. The standard InChI is InChI=1S/C14H19BrO/c1-10(2)16-12-8-6-11(7-9-12)13-4-3-5-14(13)15/h6-10,13-14H,3-5H2,1-2H3. The highest BCUT2D eigenvalue weighted by atomic mass is 79.9. The van der Waals surface area contributed by atoms with Crippen LogP contribution in [0, 0.1) is 0 Å². The van der Waals surface area contributed by atoms with Gasteiger partial charge < -0.3 is 4.74 Å². The second-order valence-electron chi connectivity index (χ2n) is 4.79. The van der Waals surface area contributed by atoms with Crippen LogP contribution in [0.25, 0.3) is 0 Å². The number of hydrogen-bond donors (Lipinski definition) is 0. The lowest BCUT2D eigenvalue weighted by Gasteiger charge is -2.15. The molecule has 88 valence electrons. The zero-order valence-electron chi connectivity index (χ0n) is 9.95. The van der Waals surface area contributed by atoms with Gasteiger partial charge in [0.1, 0.15) is 5.75 Å². The first-order valence-corrected chi connectivity index (χ1v) is 6.99. The Morgan fingerprint density at radius 1 is 1.19 bits per heavy atom. The monoisotopic (exact) mass is 282 g/mol. The molecule has 0 bridgehead atoms. The van der Waals surface area contributed by atoms with Gasteiger partial charge in [-0.2, -0.15) is 0 Å². The molecule has 0 aromatic heterocycles. The topological polar surface area (TPSA) is 9.23 Å². The molecule has 0 saturated heterocycles. The third-order valence-corrected chi connectivity index (χ3v) is 4.21. The molecule has 1 nitrogen and oxygen atoms in total. The summed E-state index contributed by atoms with van der Waals surface area (Å²) in [6.45, 7) is 4.11. The first-order valence-electron chi connectivity index (χ1n) is 6.07. The molecule has 1 aromatic carbocycles. The molecule has 2 rings (SSSR count). The number of halogens is 1. The maximum atomic E-state index is 5.65. The highest BCUT2D eigenvalue weighted by Gasteiger charge is 2.26. The summed E-state index contributed by atoms with van der Waals surface area (Å²) in [7, 11) is 0. The fourth-order valence-corrected chi connectivity index (χ4v) is 3.25. The van der Waals surface area contributed by atoms with E-state index in [0.29, 0.717) is 10.7 Å². The molecule has 1 saturated carbocycles. The number of alkyl halides is 1. The van der Waals surface area contributed by atoms with Crippen LogP contribution in [0.2, 0.25) is 0 Å². The van der Waals surface area contributed by atoms with Gasteiger partial charge in [0.15, 0.2) is 0 Å². The minimum absolute atomic E-state index is 0.251. The molecule has 0 N–H and O–H groups in total. The third-order valence-electron chi connectivity index (χ3n) is 3.11. The van der Waals surface area contributed by atoms with Crippen molar-refractivity contribution >= 4 is 15.9 Å². The Labute approximate surface area is 106 Å². The van der Waals surface area contributed by atoms with Gasteiger partial charge in [-0.25, -0.2) is 0 Å². The predicted molar refractivity (Wildman–Crippen MR) is 71.5 cm³/mol. The number of ether oxygens (including phenoxy) is 1. The Morgan fingerprint density at radius 3 is 2.38 bits per heavy atom. The van der Waals surface area contributed by atoms with Crippen molar-refractivity contribution in [3.05, 3.63) is 29.8 Å². The van der Waals surface area contributed by atoms with Crippen molar-refractivity contribution in [1.82, 2.24) is 0 Å². The molecule has 2 unspecified atom stereocenters. The summed E-state index contributed by atoms with van der Waals surface area (Å²) >= 11 is 3.77. The molecular weight excluding hydrogens is 264 g/mol. The first kappa shape index (κ1) is 12.0. The Hall–Kier alpha value is -0.500. The van der Waals surface area contributed by atoms with E-state index in [1.54, 1.807) is 0 Å². The predicted octanol–water partition coefficient (Wildman–Crippen LogP) is 4.50.